The van der Waals surface area contributed by atoms with E-state index < -0.39 is 17.0 Å². The number of halogens is 1. The molecular weight excluding hydrogens is 415 g/mol. The number of hydrogen-bond donors (Lipinski definition) is 1. The van der Waals surface area contributed by atoms with E-state index in [4.69, 9.17) is 14.6 Å². The van der Waals surface area contributed by atoms with Gasteiger partial charge in [-0.05, 0) is 43.9 Å². The summed E-state index contributed by atoms with van der Waals surface area (Å²) in [5.74, 6) is -0.712. The van der Waals surface area contributed by atoms with Gasteiger partial charge < -0.3 is 14.6 Å². The Hall–Kier alpha value is -0.860. The van der Waals surface area contributed by atoms with E-state index in [0.29, 0.717) is 22.7 Å². The van der Waals surface area contributed by atoms with Crippen molar-refractivity contribution in [2.24, 2.45) is 17.3 Å². The van der Waals surface area contributed by atoms with E-state index in [9.17, 15) is 14.4 Å². The van der Waals surface area contributed by atoms with Gasteiger partial charge in [-0.15, -0.1) is 0 Å². The molecule has 0 spiro atoms. The molecule has 0 aromatic rings. The van der Waals surface area contributed by atoms with Crippen LogP contribution in [0.2, 0.25) is 0 Å². The zero-order valence-electron chi connectivity index (χ0n) is 12.9. The number of ether oxygens (including phenoxy) is 2. The van der Waals surface area contributed by atoms with Crippen molar-refractivity contribution in [2.45, 2.75) is 50.5 Å². The Labute approximate surface area is 148 Å². The lowest BCUT2D eigenvalue weighted by Crippen LogP contribution is -2.60. The average Bonchev–Trinajstić information content (AvgIpc) is 2.44. The van der Waals surface area contributed by atoms with E-state index >= 15 is 0 Å². The van der Waals surface area contributed by atoms with Gasteiger partial charge in [-0.1, -0.05) is 22.6 Å². The second-order valence-corrected chi connectivity index (χ2v) is 8.07. The third-order valence-electron chi connectivity index (χ3n) is 5.43. The topological polar surface area (TPSA) is 89.9 Å². The molecule has 6 nitrogen and oxygen atoms in total. The molecule has 4 bridgehead atoms. The molecule has 0 radical (unpaired) electrons. The maximum absolute atomic E-state index is 12.6. The summed E-state index contributed by atoms with van der Waals surface area (Å²) in [7, 11) is 0. The largest absolute Gasteiger partial charge is 0.481 e. The van der Waals surface area contributed by atoms with Crippen molar-refractivity contribution in [3.05, 3.63) is 0 Å². The minimum Gasteiger partial charge on any atom is -0.481 e. The van der Waals surface area contributed by atoms with E-state index in [1.54, 1.807) is 0 Å². The summed E-state index contributed by atoms with van der Waals surface area (Å²) in [6.07, 6.45) is 4.68. The zero-order valence-corrected chi connectivity index (χ0v) is 15.0. The van der Waals surface area contributed by atoms with Crippen molar-refractivity contribution >= 4 is 40.5 Å². The highest BCUT2D eigenvalue weighted by Gasteiger charge is 2.62. The highest BCUT2D eigenvalue weighted by Crippen LogP contribution is 2.63. The van der Waals surface area contributed by atoms with Crippen LogP contribution >= 0.6 is 22.6 Å². The third kappa shape index (κ3) is 3.34. The molecule has 0 aliphatic heterocycles. The van der Waals surface area contributed by atoms with Gasteiger partial charge in [0.1, 0.15) is 12.2 Å². The van der Waals surface area contributed by atoms with Crippen molar-refractivity contribution in [1.82, 2.24) is 0 Å². The molecule has 4 aliphatic rings. The van der Waals surface area contributed by atoms with E-state index in [1.165, 1.54) is 0 Å². The van der Waals surface area contributed by atoms with Crippen molar-refractivity contribution in [1.29, 1.82) is 0 Å². The molecule has 23 heavy (non-hydrogen) atoms. The first-order valence-electron chi connectivity index (χ1n) is 8.03. The van der Waals surface area contributed by atoms with Crippen LogP contribution in [0.5, 0.6) is 0 Å². The maximum atomic E-state index is 12.6. The number of aliphatic carboxylic acids is 1. The highest BCUT2D eigenvalue weighted by atomic mass is 127. The van der Waals surface area contributed by atoms with Gasteiger partial charge in [0.05, 0.1) is 16.3 Å². The molecule has 7 heteroatoms. The van der Waals surface area contributed by atoms with E-state index in [2.05, 4.69) is 0 Å². The SMILES string of the molecule is O=C(O)CCOC(=O)C12CC3CC(CC(OC(=O)CI)(C3)C1)C2. The Morgan fingerprint density at radius 2 is 1.78 bits per heavy atom. The number of carboxylic acid groups (broad SMARTS) is 1. The molecule has 2 unspecified atom stereocenters. The van der Waals surface area contributed by atoms with Crippen LogP contribution < -0.4 is 0 Å². The van der Waals surface area contributed by atoms with Crippen molar-refractivity contribution in [2.75, 3.05) is 11.0 Å². The van der Waals surface area contributed by atoms with Gasteiger partial charge in [0, 0.05) is 6.42 Å². The zero-order chi connectivity index (χ0) is 16.7. The van der Waals surface area contributed by atoms with Crippen molar-refractivity contribution in [3.8, 4) is 0 Å². The molecule has 128 valence electrons. The van der Waals surface area contributed by atoms with Gasteiger partial charge in [0.25, 0.3) is 0 Å². The minimum atomic E-state index is -0.976. The number of carboxylic acids is 1. The normalized spacial score (nSPS) is 37.4. The molecule has 0 saturated heterocycles. The molecule has 0 aromatic carbocycles. The molecule has 0 aromatic heterocycles. The molecule has 0 amide bonds. The average molecular weight is 436 g/mol. The van der Waals surface area contributed by atoms with Crippen LogP contribution in [0.25, 0.3) is 0 Å². The first-order chi connectivity index (χ1) is 10.9. The van der Waals surface area contributed by atoms with Crippen LogP contribution in [0.3, 0.4) is 0 Å². The van der Waals surface area contributed by atoms with Crippen LogP contribution in [0.15, 0.2) is 0 Å². The lowest BCUT2D eigenvalue weighted by Gasteiger charge is -2.59. The van der Waals surface area contributed by atoms with Gasteiger partial charge in [-0.2, -0.15) is 0 Å². The summed E-state index contributed by atoms with van der Waals surface area (Å²) in [6.45, 7) is -0.0915. The van der Waals surface area contributed by atoms with E-state index in [1.807, 2.05) is 22.6 Å². The molecular formula is C16H21IO6. The first-order valence-corrected chi connectivity index (χ1v) is 9.56. The standard InChI is InChI=1S/C16H21IO6/c17-8-13(20)23-16-6-10-3-11(7-16)5-15(4-10,9-16)14(21)22-2-1-12(18)19/h10-11H,1-9H2,(H,18,19). The van der Waals surface area contributed by atoms with Gasteiger partial charge in [-0.3, -0.25) is 14.4 Å². The molecule has 0 heterocycles. The van der Waals surface area contributed by atoms with Crippen LogP contribution in [0.4, 0.5) is 0 Å². The molecule has 1 N–H and O–H groups in total. The number of alkyl halides is 1. The maximum Gasteiger partial charge on any atom is 0.316 e. The Balaban J connectivity index is 1.73. The Kier molecular flexibility index (Phi) is 4.59. The van der Waals surface area contributed by atoms with Gasteiger partial charge in [0.15, 0.2) is 0 Å². The summed E-state index contributed by atoms with van der Waals surface area (Å²) >= 11 is 1.99. The second kappa shape index (κ2) is 6.22. The number of hydrogen-bond acceptors (Lipinski definition) is 5. The fourth-order valence-electron chi connectivity index (χ4n) is 5.19. The highest BCUT2D eigenvalue weighted by molar-refractivity contribution is 14.1. The van der Waals surface area contributed by atoms with Crippen molar-refractivity contribution < 1.29 is 29.0 Å². The van der Waals surface area contributed by atoms with Crippen molar-refractivity contribution in [3.63, 3.8) is 0 Å². The van der Waals surface area contributed by atoms with Crippen LogP contribution in [-0.4, -0.2) is 39.6 Å². The molecule has 4 fully saturated rings. The quantitative estimate of drug-likeness (QED) is 0.391. The van der Waals surface area contributed by atoms with Crippen LogP contribution in [0.1, 0.15) is 44.9 Å². The summed E-state index contributed by atoms with van der Waals surface area (Å²) in [5.41, 5.74) is -1.10. The number of carbonyl (C=O) groups is 3. The number of esters is 2. The van der Waals surface area contributed by atoms with Gasteiger partial charge in [-0.25, -0.2) is 0 Å². The van der Waals surface area contributed by atoms with Gasteiger partial charge in [0.2, 0.25) is 0 Å². The molecule has 4 aliphatic carbocycles. The lowest BCUT2D eigenvalue weighted by atomic mass is 9.48. The van der Waals surface area contributed by atoms with E-state index in [0.717, 1.165) is 32.1 Å². The first kappa shape index (κ1) is 17.0. The fraction of sp³-hybridized carbons (Fsp3) is 0.812. The lowest BCUT2D eigenvalue weighted by molar-refractivity contribution is -0.211. The summed E-state index contributed by atoms with van der Waals surface area (Å²) < 4.78 is 11.3. The third-order valence-corrected chi connectivity index (χ3v) is 6.05. The minimum absolute atomic E-state index is 0.0915. The summed E-state index contributed by atoms with van der Waals surface area (Å²) in [6, 6.07) is 0. The monoisotopic (exact) mass is 436 g/mol. The second-order valence-electron chi connectivity index (χ2n) is 7.31. The number of carbonyl (C=O) groups excluding carboxylic acids is 2. The predicted octanol–water partition coefficient (Wildman–Crippen LogP) is 2.32. The number of rotatable bonds is 6. The Bertz CT molecular complexity index is 517. The van der Waals surface area contributed by atoms with E-state index in [-0.39, 0.29) is 25.0 Å². The predicted molar refractivity (Wildman–Crippen MR) is 88.0 cm³/mol. The van der Waals surface area contributed by atoms with Crippen LogP contribution in [-0.2, 0) is 23.9 Å². The Morgan fingerprint density at radius 1 is 1.13 bits per heavy atom. The summed E-state index contributed by atoms with van der Waals surface area (Å²) in [4.78, 5) is 35.0. The molecule has 2 atom stereocenters. The van der Waals surface area contributed by atoms with Gasteiger partial charge >= 0.3 is 17.9 Å². The fourth-order valence-corrected chi connectivity index (χ4v) is 5.35. The Morgan fingerprint density at radius 3 is 2.35 bits per heavy atom. The summed E-state index contributed by atoms with van der Waals surface area (Å²) in [5, 5.41) is 8.68. The smallest absolute Gasteiger partial charge is 0.316 e. The molecule has 4 rings (SSSR count). The molecule has 4 saturated carbocycles. The van der Waals surface area contributed by atoms with Crippen LogP contribution in [0, 0.1) is 17.3 Å².